The third kappa shape index (κ3) is 3.75. The molecule has 25 heavy (non-hydrogen) atoms. The van der Waals surface area contributed by atoms with Gasteiger partial charge in [0.1, 0.15) is 5.75 Å². The molecule has 0 aliphatic carbocycles. The van der Waals surface area contributed by atoms with Crippen LogP contribution in [0.5, 0.6) is 5.75 Å². The summed E-state index contributed by atoms with van der Waals surface area (Å²) in [6, 6.07) is 7.56. The van der Waals surface area contributed by atoms with Crippen molar-refractivity contribution in [2.45, 2.75) is 39.0 Å². The monoisotopic (exact) mass is 348 g/mol. The quantitative estimate of drug-likeness (QED) is 0.912. The van der Waals surface area contributed by atoms with Gasteiger partial charge in [0, 0.05) is 18.5 Å². The van der Waals surface area contributed by atoms with Gasteiger partial charge < -0.3 is 24.4 Å². The number of carbonyl (C=O) groups excluding carboxylic acids is 1. The predicted octanol–water partition coefficient (Wildman–Crippen LogP) is 2.94. The first-order valence-corrected chi connectivity index (χ1v) is 8.81. The molecule has 0 aromatic heterocycles. The molecule has 1 aromatic rings. The van der Waals surface area contributed by atoms with Crippen molar-refractivity contribution in [3.05, 3.63) is 29.8 Å². The molecule has 0 radical (unpaired) electrons. The summed E-state index contributed by atoms with van der Waals surface area (Å²) in [5, 5.41) is 3.19. The summed E-state index contributed by atoms with van der Waals surface area (Å²) in [5.74, 6) is 0.182. The fourth-order valence-corrected chi connectivity index (χ4v) is 3.54. The summed E-state index contributed by atoms with van der Waals surface area (Å²) in [5.41, 5.74) is 0.815. The zero-order valence-corrected chi connectivity index (χ0v) is 15.5. The van der Waals surface area contributed by atoms with Crippen LogP contribution in [-0.2, 0) is 9.47 Å². The molecule has 1 aromatic carbocycles. The van der Waals surface area contributed by atoms with Gasteiger partial charge in [0.25, 0.3) is 0 Å². The molecule has 0 bridgehead atoms. The van der Waals surface area contributed by atoms with Gasteiger partial charge in [0.2, 0.25) is 0 Å². The van der Waals surface area contributed by atoms with Crippen LogP contribution in [0, 0.1) is 5.41 Å². The summed E-state index contributed by atoms with van der Waals surface area (Å²) in [6.45, 7) is 8.63. The van der Waals surface area contributed by atoms with Crippen molar-refractivity contribution >= 4 is 6.03 Å². The number of benzene rings is 1. The van der Waals surface area contributed by atoms with E-state index in [1.165, 1.54) is 0 Å². The molecular formula is C19H28N2O4. The Bertz CT molecular complexity index is 620. The number of likely N-dealkylation sites (tertiary alicyclic amines) is 1. The van der Waals surface area contributed by atoms with Crippen LogP contribution in [-0.4, -0.2) is 50.1 Å². The van der Waals surface area contributed by atoms with Crippen molar-refractivity contribution in [3.8, 4) is 5.75 Å². The second-order valence-electron chi connectivity index (χ2n) is 7.77. The average molecular weight is 348 g/mol. The van der Waals surface area contributed by atoms with Crippen molar-refractivity contribution in [1.82, 2.24) is 10.2 Å². The fraction of sp³-hybridized carbons (Fsp3) is 0.632. The maximum Gasteiger partial charge on any atom is 0.318 e. The largest absolute Gasteiger partial charge is 0.496 e. The molecule has 1 N–H and O–H groups in total. The van der Waals surface area contributed by atoms with Gasteiger partial charge in [-0.15, -0.1) is 0 Å². The lowest BCUT2D eigenvalue weighted by Crippen LogP contribution is -2.46. The molecule has 1 unspecified atom stereocenters. The normalized spacial score (nSPS) is 20.7. The molecule has 2 heterocycles. The molecule has 6 nitrogen and oxygen atoms in total. The van der Waals surface area contributed by atoms with E-state index >= 15 is 0 Å². The standard InChI is InChI=1S/C19H28N2O4/c1-18(2,3)16(14-7-5-6-8-15(14)23-4)20-17(22)21-10-9-19(13-21)24-11-12-25-19/h5-8,16H,9-13H2,1-4H3,(H,20,22). The maximum absolute atomic E-state index is 12.9. The van der Waals surface area contributed by atoms with Gasteiger partial charge in [-0.05, 0) is 11.5 Å². The molecule has 2 amide bonds. The Morgan fingerprint density at radius 3 is 2.60 bits per heavy atom. The lowest BCUT2D eigenvalue weighted by Gasteiger charge is -2.34. The number of urea groups is 1. The number of nitrogens with one attached hydrogen (secondary N) is 1. The highest BCUT2D eigenvalue weighted by molar-refractivity contribution is 5.75. The van der Waals surface area contributed by atoms with Gasteiger partial charge in [-0.2, -0.15) is 0 Å². The third-order valence-electron chi connectivity index (χ3n) is 4.88. The van der Waals surface area contributed by atoms with E-state index in [1.807, 2.05) is 24.3 Å². The molecule has 6 heteroatoms. The number of hydrogen-bond donors (Lipinski definition) is 1. The molecule has 2 saturated heterocycles. The highest BCUT2D eigenvalue weighted by atomic mass is 16.7. The molecular weight excluding hydrogens is 320 g/mol. The molecule has 2 aliphatic heterocycles. The predicted molar refractivity (Wildman–Crippen MR) is 94.5 cm³/mol. The summed E-state index contributed by atoms with van der Waals surface area (Å²) in [6.07, 6.45) is 0.718. The summed E-state index contributed by atoms with van der Waals surface area (Å²) in [7, 11) is 1.65. The molecule has 3 rings (SSSR count). The minimum Gasteiger partial charge on any atom is -0.496 e. The van der Waals surface area contributed by atoms with E-state index in [0.29, 0.717) is 26.3 Å². The lowest BCUT2D eigenvalue weighted by molar-refractivity contribution is -0.143. The smallest absolute Gasteiger partial charge is 0.318 e. The molecule has 1 atom stereocenters. The van der Waals surface area contributed by atoms with Crippen LogP contribution >= 0.6 is 0 Å². The fourth-order valence-electron chi connectivity index (χ4n) is 3.54. The van der Waals surface area contributed by atoms with Crippen LogP contribution in [0.2, 0.25) is 0 Å². The first kappa shape index (κ1) is 18.0. The van der Waals surface area contributed by atoms with Gasteiger partial charge in [0.15, 0.2) is 5.79 Å². The highest BCUT2D eigenvalue weighted by Gasteiger charge is 2.45. The number of nitrogens with zero attached hydrogens (tertiary/aromatic N) is 1. The molecule has 2 fully saturated rings. The van der Waals surface area contributed by atoms with Crippen molar-refractivity contribution in [1.29, 1.82) is 0 Å². The van der Waals surface area contributed by atoms with Crippen LogP contribution in [0.1, 0.15) is 38.8 Å². The van der Waals surface area contributed by atoms with Crippen molar-refractivity contribution in [2.24, 2.45) is 5.41 Å². The van der Waals surface area contributed by atoms with Gasteiger partial charge >= 0.3 is 6.03 Å². The SMILES string of the molecule is COc1ccccc1C(NC(=O)N1CCC2(C1)OCCO2)C(C)(C)C. The topological polar surface area (TPSA) is 60.0 Å². The Morgan fingerprint density at radius 2 is 1.96 bits per heavy atom. The van der Waals surface area contributed by atoms with Crippen LogP contribution < -0.4 is 10.1 Å². The van der Waals surface area contributed by atoms with Crippen molar-refractivity contribution in [3.63, 3.8) is 0 Å². The van der Waals surface area contributed by atoms with E-state index < -0.39 is 5.79 Å². The molecule has 0 saturated carbocycles. The minimum atomic E-state index is -0.598. The number of carbonyl (C=O) groups is 1. The summed E-state index contributed by atoms with van der Waals surface area (Å²) in [4.78, 5) is 14.7. The Morgan fingerprint density at radius 1 is 1.28 bits per heavy atom. The zero-order chi connectivity index (χ0) is 18.1. The Balaban J connectivity index is 1.76. The number of ether oxygens (including phenoxy) is 3. The lowest BCUT2D eigenvalue weighted by atomic mass is 9.82. The number of para-hydroxylation sites is 1. The van der Waals surface area contributed by atoms with E-state index in [0.717, 1.165) is 17.7 Å². The van der Waals surface area contributed by atoms with Crippen molar-refractivity contribution in [2.75, 3.05) is 33.4 Å². The van der Waals surface area contributed by atoms with Gasteiger partial charge in [-0.25, -0.2) is 4.79 Å². The number of hydrogen-bond acceptors (Lipinski definition) is 4. The third-order valence-corrected chi connectivity index (χ3v) is 4.88. The average Bonchev–Trinajstić information content (AvgIpc) is 3.22. The van der Waals surface area contributed by atoms with E-state index in [2.05, 4.69) is 26.1 Å². The number of methoxy groups -OCH3 is 1. The Kier molecular flexibility index (Phi) is 4.93. The van der Waals surface area contributed by atoms with Gasteiger partial charge in [-0.1, -0.05) is 39.0 Å². The van der Waals surface area contributed by atoms with Gasteiger partial charge in [0.05, 0.1) is 32.9 Å². The van der Waals surface area contributed by atoms with Crippen LogP contribution in [0.15, 0.2) is 24.3 Å². The Hall–Kier alpha value is -1.79. The van der Waals surface area contributed by atoms with Crippen LogP contribution in [0.25, 0.3) is 0 Å². The second kappa shape index (κ2) is 6.84. The highest BCUT2D eigenvalue weighted by Crippen LogP contribution is 2.38. The van der Waals surface area contributed by atoms with Gasteiger partial charge in [-0.3, -0.25) is 0 Å². The van der Waals surface area contributed by atoms with E-state index in [9.17, 15) is 4.79 Å². The molecule has 138 valence electrons. The van der Waals surface area contributed by atoms with Crippen molar-refractivity contribution < 1.29 is 19.0 Å². The van der Waals surface area contributed by atoms with E-state index in [-0.39, 0.29) is 17.5 Å². The van der Waals surface area contributed by atoms with Crippen LogP contribution in [0.4, 0.5) is 4.79 Å². The first-order chi connectivity index (χ1) is 11.8. The second-order valence-corrected chi connectivity index (χ2v) is 7.77. The Labute approximate surface area is 149 Å². The minimum absolute atomic E-state index is 0.0955. The molecule has 1 spiro atoms. The summed E-state index contributed by atoms with van der Waals surface area (Å²) >= 11 is 0. The summed E-state index contributed by atoms with van der Waals surface area (Å²) < 4.78 is 16.9. The zero-order valence-electron chi connectivity index (χ0n) is 15.5. The first-order valence-electron chi connectivity index (χ1n) is 8.81. The maximum atomic E-state index is 12.9. The number of amides is 2. The molecule has 2 aliphatic rings. The van der Waals surface area contributed by atoms with E-state index in [4.69, 9.17) is 14.2 Å². The number of rotatable bonds is 3. The van der Waals surface area contributed by atoms with Crippen LogP contribution in [0.3, 0.4) is 0 Å². The van der Waals surface area contributed by atoms with E-state index in [1.54, 1.807) is 12.0 Å².